The number of aryl methyl sites for hydroxylation is 1. The fraction of sp³-hybridized carbons (Fsp3) is 0.143. The number of benzene rings is 1. The molecule has 0 amide bonds. The average molecular weight is 272 g/mol. The molecular formula is C14H12N2O2S. The first-order valence-electron chi connectivity index (χ1n) is 5.93. The van der Waals surface area contributed by atoms with Gasteiger partial charge in [-0.2, -0.15) is 0 Å². The number of thiazole rings is 1. The molecule has 0 saturated heterocycles. The van der Waals surface area contributed by atoms with E-state index >= 15 is 0 Å². The molecule has 5 heteroatoms. The second-order valence-electron chi connectivity index (χ2n) is 4.41. The van der Waals surface area contributed by atoms with Gasteiger partial charge in [-0.3, -0.25) is 14.2 Å². The van der Waals surface area contributed by atoms with Crippen molar-refractivity contribution in [3.63, 3.8) is 0 Å². The van der Waals surface area contributed by atoms with Crippen LogP contribution < -0.4 is 11.2 Å². The first-order valence-corrected chi connectivity index (χ1v) is 6.81. The van der Waals surface area contributed by atoms with Gasteiger partial charge >= 0.3 is 5.69 Å². The van der Waals surface area contributed by atoms with Crippen LogP contribution in [0.3, 0.4) is 0 Å². The lowest BCUT2D eigenvalue weighted by Gasteiger charge is -2.02. The number of nitrogens with one attached hydrogen (secondary N) is 1. The Bertz CT molecular complexity index is 843. The molecule has 1 N–H and O–H groups in total. The molecule has 2 heterocycles. The number of hydrogen-bond donors (Lipinski definition) is 1. The Hall–Kier alpha value is -2.14. The van der Waals surface area contributed by atoms with Crippen molar-refractivity contribution in [2.24, 2.45) is 0 Å². The van der Waals surface area contributed by atoms with E-state index in [0.29, 0.717) is 12.0 Å². The molecule has 3 aromatic rings. The van der Waals surface area contributed by atoms with Crippen molar-refractivity contribution in [3.8, 4) is 0 Å². The lowest BCUT2D eigenvalue weighted by atomic mass is 10.1. The van der Waals surface area contributed by atoms with Gasteiger partial charge in [-0.05, 0) is 12.5 Å². The highest BCUT2D eigenvalue weighted by Gasteiger charge is 2.11. The molecular weight excluding hydrogens is 260 g/mol. The van der Waals surface area contributed by atoms with Gasteiger partial charge in [0.2, 0.25) is 0 Å². The van der Waals surface area contributed by atoms with Gasteiger partial charge in [0.1, 0.15) is 4.83 Å². The maximum Gasteiger partial charge on any atom is 0.333 e. The molecule has 0 bridgehead atoms. The molecule has 19 heavy (non-hydrogen) atoms. The third-order valence-electron chi connectivity index (χ3n) is 3.11. The van der Waals surface area contributed by atoms with Crippen LogP contribution >= 0.6 is 11.3 Å². The third-order valence-corrected chi connectivity index (χ3v) is 4.21. The van der Waals surface area contributed by atoms with Crippen LogP contribution in [0, 0.1) is 6.92 Å². The number of aromatic nitrogens is 2. The molecule has 0 spiro atoms. The van der Waals surface area contributed by atoms with Crippen LogP contribution in [-0.2, 0) is 6.42 Å². The van der Waals surface area contributed by atoms with Crippen molar-refractivity contribution >= 4 is 16.2 Å². The van der Waals surface area contributed by atoms with Gasteiger partial charge in [-0.25, -0.2) is 4.79 Å². The molecule has 0 saturated carbocycles. The smallest absolute Gasteiger partial charge is 0.273 e. The number of H-pyrrole nitrogens is 1. The van der Waals surface area contributed by atoms with E-state index in [4.69, 9.17) is 0 Å². The van der Waals surface area contributed by atoms with Crippen molar-refractivity contribution in [2.75, 3.05) is 0 Å². The number of fused-ring (bicyclic) bond motifs is 1. The highest BCUT2D eigenvalue weighted by molar-refractivity contribution is 7.15. The Morgan fingerprint density at radius 2 is 1.95 bits per heavy atom. The minimum Gasteiger partial charge on any atom is -0.273 e. The number of rotatable bonds is 2. The van der Waals surface area contributed by atoms with Gasteiger partial charge in [-0.1, -0.05) is 30.3 Å². The Kier molecular flexibility index (Phi) is 2.83. The molecule has 3 rings (SSSR count). The fourth-order valence-corrected chi connectivity index (χ4v) is 3.12. The highest BCUT2D eigenvalue weighted by Crippen LogP contribution is 2.18. The summed E-state index contributed by atoms with van der Waals surface area (Å²) in [6.45, 7) is 1.73. The summed E-state index contributed by atoms with van der Waals surface area (Å²) in [5, 5.41) is 1.93. The molecule has 0 unspecified atom stereocenters. The Morgan fingerprint density at radius 1 is 1.21 bits per heavy atom. The molecule has 0 aliphatic heterocycles. The molecule has 0 aliphatic rings. The summed E-state index contributed by atoms with van der Waals surface area (Å²) >= 11 is 1.43. The summed E-state index contributed by atoms with van der Waals surface area (Å²) in [5.41, 5.74) is 1.95. The van der Waals surface area contributed by atoms with Crippen molar-refractivity contribution in [3.05, 3.63) is 73.4 Å². The average Bonchev–Trinajstić information content (AvgIpc) is 2.82. The largest absolute Gasteiger partial charge is 0.333 e. The predicted molar refractivity (Wildman–Crippen MR) is 76.1 cm³/mol. The van der Waals surface area contributed by atoms with Gasteiger partial charge in [0.05, 0.1) is 0 Å². The van der Waals surface area contributed by atoms with Crippen molar-refractivity contribution in [2.45, 2.75) is 13.3 Å². The van der Waals surface area contributed by atoms with E-state index in [1.807, 2.05) is 35.7 Å². The zero-order chi connectivity index (χ0) is 13.4. The zero-order valence-electron chi connectivity index (χ0n) is 10.3. The lowest BCUT2D eigenvalue weighted by Crippen LogP contribution is -2.28. The Morgan fingerprint density at radius 3 is 2.68 bits per heavy atom. The topological polar surface area (TPSA) is 54.3 Å². The maximum atomic E-state index is 11.9. The summed E-state index contributed by atoms with van der Waals surface area (Å²) < 4.78 is 1.59. The van der Waals surface area contributed by atoms with Gasteiger partial charge in [0, 0.05) is 23.1 Å². The molecule has 0 fully saturated rings. The lowest BCUT2D eigenvalue weighted by molar-refractivity contribution is 0.910. The zero-order valence-corrected chi connectivity index (χ0v) is 11.2. The summed E-state index contributed by atoms with van der Waals surface area (Å²) in [6.07, 6.45) is 0.673. The monoisotopic (exact) mass is 272 g/mol. The van der Waals surface area contributed by atoms with E-state index in [0.717, 1.165) is 16.1 Å². The van der Waals surface area contributed by atoms with Crippen LogP contribution in [0.25, 0.3) is 4.83 Å². The Balaban J connectivity index is 2.19. The second-order valence-corrected chi connectivity index (χ2v) is 5.27. The van der Waals surface area contributed by atoms with Crippen LogP contribution in [0.2, 0.25) is 0 Å². The standard InChI is InChI=1S/C14H12N2O2S/c1-9-12(17)15-14(18)16-11(8-19-13(9)16)7-10-5-3-2-4-6-10/h2-6,8H,7H2,1H3,(H,15,17,18). The highest BCUT2D eigenvalue weighted by atomic mass is 32.1. The molecule has 1 aromatic carbocycles. The summed E-state index contributed by atoms with van der Waals surface area (Å²) in [6, 6.07) is 9.95. The first kappa shape index (κ1) is 11.9. The van der Waals surface area contributed by atoms with Gasteiger partial charge in [-0.15, -0.1) is 11.3 Å². The van der Waals surface area contributed by atoms with Crippen molar-refractivity contribution < 1.29 is 0 Å². The van der Waals surface area contributed by atoms with E-state index in [-0.39, 0.29) is 11.2 Å². The number of nitrogens with zero attached hydrogens (tertiary/aromatic N) is 1. The van der Waals surface area contributed by atoms with Crippen LogP contribution in [0.5, 0.6) is 0 Å². The van der Waals surface area contributed by atoms with E-state index < -0.39 is 0 Å². The molecule has 0 aliphatic carbocycles. The minimum atomic E-state index is -0.363. The van der Waals surface area contributed by atoms with E-state index in [1.54, 1.807) is 11.3 Å². The third kappa shape index (κ3) is 2.02. The molecule has 96 valence electrons. The summed E-state index contributed by atoms with van der Waals surface area (Å²) in [4.78, 5) is 26.6. The van der Waals surface area contributed by atoms with Gasteiger partial charge in [0.25, 0.3) is 5.56 Å². The van der Waals surface area contributed by atoms with Crippen molar-refractivity contribution in [1.82, 2.24) is 9.38 Å². The second kappa shape index (κ2) is 4.51. The SMILES string of the molecule is Cc1c(=O)[nH]c(=O)n2c(Cc3ccccc3)csc12. The molecule has 0 radical (unpaired) electrons. The molecule has 0 atom stereocenters. The minimum absolute atomic E-state index is 0.307. The quantitative estimate of drug-likeness (QED) is 0.775. The van der Waals surface area contributed by atoms with Crippen LogP contribution in [0.15, 0.2) is 45.3 Å². The van der Waals surface area contributed by atoms with E-state index in [9.17, 15) is 9.59 Å². The molecule has 4 nitrogen and oxygen atoms in total. The number of hydrogen-bond acceptors (Lipinski definition) is 3. The number of aromatic amines is 1. The normalized spacial score (nSPS) is 11.0. The maximum absolute atomic E-state index is 11.9. The molecule has 2 aromatic heterocycles. The van der Waals surface area contributed by atoms with Gasteiger partial charge in [0.15, 0.2) is 0 Å². The fourth-order valence-electron chi connectivity index (χ4n) is 2.11. The predicted octanol–water partition coefficient (Wildman–Crippen LogP) is 1.95. The van der Waals surface area contributed by atoms with E-state index in [2.05, 4.69) is 4.98 Å². The Labute approximate surface area is 113 Å². The summed E-state index contributed by atoms with van der Waals surface area (Å²) in [7, 11) is 0. The van der Waals surface area contributed by atoms with E-state index in [1.165, 1.54) is 11.3 Å². The van der Waals surface area contributed by atoms with Crippen LogP contribution in [-0.4, -0.2) is 9.38 Å². The summed E-state index contributed by atoms with van der Waals surface area (Å²) in [5.74, 6) is 0. The van der Waals surface area contributed by atoms with Gasteiger partial charge < -0.3 is 0 Å². The van der Waals surface area contributed by atoms with Crippen LogP contribution in [0.1, 0.15) is 16.8 Å². The van der Waals surface area contributed by atoms with Crippen molar-refractivity contribution in [1.29, 1.82) is 0 Å². The first-order chi connectivity index (χ1) is 9.16. The van der Waals surface area contributed by atoms with Crippen LogP contribution in [0.4, 0.5) is 0 Å².